The fraction of sp³-hybridized carbons (Fsp3) is 0.222. The van der Waals surface area contributed by atoms with Gasteiger partial charge in [-0.15, -0.1) is 0 Å². The maximum absolute atomic E-state index is 13.1. The Bertz CT molecular complexity index is 802. The molecule has 0 bridgehead atoms. The highest BCUT2D eigenvalue weighted by Crippen LogP contribution is 2.33. The molecule has 3 heteroatoms. The number of nitrogens with one attached hydrogen (secondary N) is 2. The van der Waals surface area contributed by atoms with E-state index in [1.54, 1.807) is 0 Å². The first kappa shape index (κ1) is 12.6. The molecule has 2 nitrogen and oxygen atoms in total. The van der Waals surface area contributed by atoms with Gasteiger partial charge in [0.05, 0.1) is 6.04 Å². The molecule has 0 amide bonds. The van der Waals surface area contributed by atoms with Gasteiger partial charge in [0.15, 0.2) is 0 Å². The maximum Gasteiger partial charge on any atom is 0.123 e. The van der Waals surface area contributed by atoms with E-state index in [2.05, 4.69) is 35.4 Å². The molecule has 0 radical (unpaired) electrons. The molecule has 0 fully saturated rings. The number of benzene rings is 2. The highest BCUT2D eigenvalue weighted by molar-refractivity contribution is 5.86. The molecule has 0 aliphatic carbocycles. The van der Waals surface area contributed by atoms with Gasteiger partial charge in [-0.3, -0.25) is 0 Å². The molecule has 1 aromatic heterocycles. The molecule has 0 saturated heterocycles. The second-order valence-corrected chi connectivity index (χ2v) is 5.75. The predicted molar refractivity (Wildman–Crippen MR) is 83.0 cm³/mol. The molecule has 1 aliphatic rings. The lowest BCUT2D eigenvalue weighted by Gasteiger charge is -2.24. The monoisotopic (exact) mass is 280 g/mol. The highest BCUT2D eigenvalue weighted by Gasteiger charge is 2.25. The van der Waals surface area contributed by atoms with Crippen molar-refractivity contribution in [3.8, 4) is 0 Å². The molecule has 0 saturated carbocycles. The number of aromatic amines is 1. The third-order valence-electron chi connectivity index (χ3n) is 4.31. The van der Waals surface area contributed by atoms with Crippen molar-refractivity contribution >= 4 is 10.9 Å². The van der Waals surface area contributed by atoms with Crippen LogP contribution >= 0.6 is 0 Å². The summed E-state index contributed by atoms with van der Waals surface area (Å²) in [5.74, 6) is -0.193. The first-order valence-electron chi connectivity index (χ1n) is 7.32. The second-order valence-electron chi connectivity index (χ2n) is 5.75. The fourth-order valence-corrected chi connectivity index (χ4v) is 3.28. The number of aromatic nitrogens is 1. The maximum atomic E-state index is 13.1. The van der Waals surface area contributed by atoms with Gasteiger partial charge < -0.3 is 10.3 Å². The summed E-state index contributed by atoms with van der Waals surface area (Å²) < 4.78 is 13.1. The Morgan fingerprint density at radius 2 is 1.90 bits per heavy atom. The molecule has 0 spiro atoms. The molecule has 4 rings (SSSR count). The summed E-state index contributed by atoms with van der Waals surface area (Å²) in [6.45, 7) is 3.06. The van der Waals surface area contributed by atoms with E-state index in [9.17, 15) is 4.39 Å². The summed E-state index contributed by atoms with van der Waals surface area (Å²) in [7, 11) is 0. The molecule has 21 heavy (non-hydrogen) atoms. The van der Waals surface area contributed by atoms with Crippen LogP contribution in [0.15, 0.2) is 42.5 Å². The molecule has 1 atom stereocenters. The molecular weight excluding hydrogens is 263 g/mol. The van der Waals surface area contributed by atoms with E-state index >= 15 is 0 Å². The minimum atomic E-state index is -0.193. The number of fused-ring (bicyclic) bond motifs is 3. The van der Waals surface area contributed by atoms with Gasteiger partial charge >= 0.3 is 0 Å². The van der Waals surface area contributed by atoms with Crippen LogP contribution < -0.4 is 5.32 Å². The zero-order valence-electron chi connectivity index (χ0n) is 11.9. The lowest BCUT2D eigenvalue weighted by molar-refractivity contribution is 0.558. The summed E-state index contributed by atoms with van der Waals surface area (Å²) in [5, 5.41) is 4.85. The Kier molecular flexibility index (Phi) is 2.82. The fourth-order valence-electron chi connectivity index (χ4n) is 3.28. The zero-order chi connectivity index (χ0) is 14.4. The number of halogens is 1. The van der Waals surface area contributed by atoms with Crippen molar-refractivity contribution in [3.05, 3.63) is 70.7 Å². The van der Waals surface area contributed by atoms with Gasteiger partial charge in [-0.1, -0.05) is 23.8 Å². The van der Waals surface area contributed by atoms with Crippen molar-refractivity contribution in [1.82, 2.24) is 10.3 Å². The van der Waals surface area contributed by atoms with E-state index in [4.69, 9.17) is 0 Å². The number of hydrogen-bond donors (Lipinski definition) is 2. The van der Waals surface area contributed by atoms with Crippen LogP contribution in [0.1, 0.15) is 28.4 Å². The third-order valence-corrected chi connectivity index (χ3v) is 4.31. The summed E-state index contributed by atoms with van der Waals surface area (Å²) in [5.41, 5.74) is 6.17. The van der Waals surface area contributed by atoms with Crippen LogP contribution in [0.3, 0.4) is 0 Å². The average Bonchev–Trinajstić information content (AvgIpc) is 2.86. The zero-order valence-corrected chi connectivity index (χ0v) is 11.9. The van der Waals surface area contributed by atoms with Gasteiger partial charge in [0.2, 0.25) is 0 Å². The Balaban J connectivity index is 1.88. The molecule has 106 valence electrons. The van der Waals surface area contributed by atoms with Crippen LogP contribution in [0.25, 0.3) is 10.9 Å². The number of hydrogen-bond acceptors (Lipinski definition) is 1. The SMILES string of the molecule is Cc1ccc2[nH]c3c(c2c1)CCNC3c1ccc(F)cc1. The number of rotatable bonds is 1. The molecule has 1 aliphatic heterocycles. The second kappa shape index (κ2) is 4.71. The standard InChI is InChI=1S/C18H17FN2/c1-11-2-7-16-15(10-11)14-8-9-20-17(18(14)21-16)12-3-5-13(19)6-4-12/h2-7,10,17,20-21H,8-9H2,1H3. The van der Waals surface area contributed by atoms with Crippen LogP contribution in [0.4, 0.5) is 4.39 Å². The third kappa shape index (κ3) is 2.05. The van der Waals surface area contributed by atoms with Gasteiger partial charge in [-0.05, 0) is 48.7 Å². The van der Waals surface area contributed by atoms with Crippen molar-refractivity contribution in [2.75, 3.05) is 6.54 Å². The Morgan fingerprint density at radius 1 is 1.10 bits per heavy atom. The summed E-state index contributed by atoms with van der Waals surface area (Å²) in [4.78, 5) is 3.55. The normalized spacial score (nSPS) is 17.9. The number of H-pyrrole nitrogens is 1. The number of aryl methyl sites for hydroxylation is 1. The van der Waals surface area contributed by atoms with E-state index in [-0.39, 0.29) is 11.9 Å². The van der Waals surface area contributed by atoms with Crippen LogP contribution in [0, 0.1) is 12.7 Å². The topological polar surface area (TPSA) is 27.8 Å². The smallest absolute Gasteiger partial charge is 0.123 e. The first-order valence-corrected chi connectivity index (χ1v) is 7.32. The van der Waals surface area contributed by atoms with Crippen molar-refractivity contribution in [2.24, 2.45) is 0 Å². The molecule has 2 heterocycles. The summed E-state index contributed by atoms with van der Waals surface area (Å²) >= 11 is 0. The van der Waals surface area contributed by atoms with Gasteiger partial charge in [0.25, 0.3) is 0 Å². The first-order chi connectivity index (χ1) is 10.2. The van der Waals surface area contributed by atoms with Gasteiger partial charge in [0.1, 0.15) is 5.82 Å². The minimum Gasteiger partial charge on any atom is -0.357 e. The van der Waals surface area contributed by atoms with Crippen molar-refractivity contribution in [3.63, 3.8) is 0 Å². The largest absolute Gasteiger partial charge is 0.357 e. The van der Waals surface area contributed by atoms with E-state index in [0.29, 0.717) is 0 Å². The van der Waals surface area contributed by atoms with E-state index in [1.807, 2.05) is 12.1 Å². The minimum absolute atomic E-state index is 0.113. The van der Waals surface area contributed by atoms with Gasteiger partial charge in [-0.25, -0.2) is 4.39 Å². The van der Waals surface area contributed by atoms with E-state index in [0.717, 1.165) is 18.5 Å². The molecule has 2 aromatic carbocycles. The Morgan fingerprint density at radius 3 is 2.71 bits per heavy atom. The average molecular weight is 280 g/mol. The van der Waals surface area contributed by atoms with Gasteiger partial charge in [-0.2, -0.15) is 0 Å². The van der Waals surface area contributed by atoms with Gasteiger partial charge in [0, 0.05) is 23.1 Å². The Hall–Kier alpha value is -2.13. The molecule has 2 N–H and O–H groups in total. The van der Waals surface area contributed by atoms with Crippen molar-refractivity contribution in [2.45, 2.75) is 19.4 Å². The molecular formula is C18H17FN2. The summed E-state index contributed by atoms with van der Waals surface area (Å²) in [6, 6.07) is 13.4. The van der Waals surface area contributed by atoms with Crippen LogP contribution in [-0.4, -0.2) is 11.5 Å². The van der Waals surface area contributed by atoms with Crippen molar-refractivity contribution in [1.29, 1.82) is 0 Å². The highest BCUT2D eigenvalue weighted by atomic mass is 19.1. The molecule has 3 aromatic rings. The molecule has 1 unspecified atom stereocenters. The van der Waals surface area contributed by atoms with Crippen LogP contribution in [-0.2, 0) is 6.42 Å². The lowest BCUT2D eigenvalue weighted by Crippen LogP contribution is -2.30. The van der Waals surface area contributed by atoms with E-state index in [1.165, 1.54) is 39.9 Å². The lowest BCUT2D eigenvalue weighted by atomic mass is 9.94. The Labute approximate surface area is 123 Å². The summed E-state index contributed by atoms with van der Waals surface area (Å²) in [6.07, 6.45) is 1.02. The predicted octanol–water partition coefficient (Wildman–Crippen LogP) is 3.85. The van der Waals surface area contributed by atoms with Crippen LogP contribution in [0.2, 0.25) is 0 Å². The quantitative estimate of drug-likeness (QED) is 0.696. The van der Waals surface area contributed by atoms with Crippen LogP contribution in [0.5, 0.6) is 0 Å². The van der Waals surface area contributed by atoms with E-state index < -0.39 is 0 Å². The van der Waals surface area contributed by atoms with Crippen molar-refractivity contribution < 1.29 is 4.39 Å².